The minimum Gasteiger partial charge on any atom is -0.493 e. The normalized spacial score (nSPS) is 18.2. The lowest BCUT2D eigenvalue weighted by molar-refractivity contribution is -0.125. The van der Waals surface area contributed by atoms with Crippen LogP contribution in [-0.4, -0.2) is 60.9 Å². The lowest BCUT2D eigenvalue weighted by atomic mass is 10.1. The quantitative estimate of drug-likeness (QED) is 0.823. The molecule has 2 heterocycles. The summed E-state index contributed by atoms with van der Waals surface area (Å²) in [6, 6.07) is 5.99. The fourth-order valence-corrected chi connectivity index (χ4v) is 3.15. The van der Waals surface area contributed by atoms with Crippen molar-refractivity contribution in [2.75, 3.05) is 39.3 Å². The van der Waals surface area contributed by atoms with Gasteiger partial charge in [-0.1, -0.05) is 6.07 Å². The van der Waals surface area contributed by atoms with E-state index in [4.69, 9.17) is 10.5 Å². The van der Waals surface area contributed by atoms with Crippen LogP contribution in [-0.2, 0) is 16.0 Å². The second-order valence-electron chi connectivity index (χ2n) is 6.22. The number of primary amides is 1. The molecule has 1 saturated heterocycles. The molecule has 1 aromatic rings. The molecule has 0 saturated carbocycles. The molecule has 3 rings (SSSR count). The Morgan fingerprint density at radius 2 is 2.08 bits per heavy atom. The number of fused-ring (bicyclic) bond motifs is 1. The fourth-order valence-electron chi connectivity index (χ4n) is 3.15. The Morgan fingerprint density at radius 3 is 2.92 bits per heavy atom. The molecule has 2 aliphatic rings. The molecule has 1 aromatic carbocycles. The van der Waals surface area contributed by atoms with E-state index < -0.39 is 0 Å². The van der Waals surface area contributed by atoms with Crippen LogP contribution in [0.25, 0.3) is 6.08 Å². The third kappa shape index (κ3) is 4.14. The van der Waals surface area contributed by atoms with Crippen LogP contribution in [0, 0.1) is 0 Å². The van der Waals surface area contributed by atoms with Gasteiger partial charge in [-0.15, -0.1) is 0 Å². The van der Waals surface area contributed by atoms with Crippen LogP contribution in [0.2, 0.25) is 0 Å². The minimum atomic E-state index is -0.324. The highest BCUT2D eigenvalue weighted by atomic mass is 16.5. The summed E-state index contributed by atoms with van der Waals surface area (Å²) in [7, 11) is 0. The number of carbonyl (C=O) groups excluding carboxylic acids is 2. The van der Waals surface area contributed by atoms with E-state index >= 15 is 0 Å². The molecular weight excluding hydrogens is 306 g/mol. The number of carbonyl (C=O) groups is 2. The molecule has 128 valence electrons. The van der Waals surface area contributed by atoms with Crippen molar-refractivity contribution in [3.63, 3.8) is 0 Å². The predicted molar refractivity (Wildman–Crippen MR) is 91.5 cm³/mol. The molecule has 24 heavy (non-hydrogen) atoms. The van der Waals surface area contributed by atoms with E-state index in [1.165, 1.54) is 5.56 Å². The SMILES string of the molecule is NC(=O)CN1CCCN(C(=O)C=Cc2ccc3c(c2)CCO3)CC1. The molecule has 2 amide bonds. The summed E-state index contributed by atoms with van der Waals surface area (Å²) >= 11 is 0. The van der Waals surface area contributed by atoms with Gasteiger partial charge in [0.15, 0.2) is 0 Å². The van der Waals surface area contributed by atoms with Gasteiger partial charge in [-0.05, 0) is 35.8 Å². The molecule has 0 radical (unpaired) electrons. The maximum absolute atomic E-state index is 12.4. The number of nitrogens with zero attached hydrogens (tertiary/aromatic N) is 2. The molecule has 0 spiro atoms. The summed E-state index contributed by atoms with van der Waals surface area (Å²) in [6.07, 6.45) is 5.25. The van der Waals surface area contributed by atoms with Gasteiger partial charge in [-0.2, -0.15) is 0 Å². The van der Waals surface area contributed by atoms with Crippen molar-refractivity contribution in [1.29, 1.82) is 0 Å². The van der Waals surface area contributed by atoms with Crippen LogP contribution >= 0.6 is 0 Å². The second kappa shape index (κ2) is 7.49. The lowest BCUT2D eigenvalue weighted by Crippen LogP contribution is -2.37. The summed E-state index contributed by atoms with van der Waals surface area (Å²) in [5.41, 5.74) is 7.45. The lowest BCUT2D eigenvalue weighted by Gasteiger charge is -2.19. The molecule has 2 N–H and O–H groups in total. The summed E-state index contributed by atoms with van der Waals surface area (Å²) in [5, 5.41) is 0. The molecule has 6 heteroatoms. The molecule has 2 aliphatic heterocycles. The molecule has 0 unspecified atom stereocenters. The Morgan fingerprint density at radius 1 is 1.21 bits per heavy atom. The Bertz CT molecular complexity index is 657. The zero-order valence-electron chi connectivity index (χ0n) is 13.7. The Kier molecular flexibility index (Phi) is 5.15. The first kappa shape index (κ1) is 16.5. The van der Waals surface area contributed by atoms with Crippen molar-refractivity contribution in [1.82, 2.24) is 9.80 Å². The zero-order valence-corrected chi connectivity index (χ0v) is 13.7. The monoisotopic (exact) mass is 329 g/mol. The first-order chi connectivity index (χ1) is 11.6. The van der Waals surface area contributed by atoms with Crippen LogP contribution in [0.4, 0.5) is 0 Å². The largest absolute Gasteiger partial charge is 0.493 e. The van der Waals surface area contributed by atoms with Crippen LogP contribution in [0.5, 0.6) is 5.75 Å². The second-order valence-corrected chi connectivity index (χ2v) is 6.22. The standard InChI is InChI=1S/C18H23N3O3/c19-17(22)13-20-7-1-8-21(10-9-20)18(23)5-3-14-2-4-16-15(12-14)6-11-24-16/h2-5,12H,1,6-11,13H2,(H2,19,22). The smallest absolute Gasteiger partial charge is 0.246 e. The van der Waals surface area contributed by atoms with E-state index in [1.54, 1.807) is 6.08 Å². The highest BCUT2D eigenvalue weighted by Gasteiger charge is 2.18. The van der Waals surface area contributed by atoms with Crippen molar-refractivity contribution in [2.24, 2.45) is 5.73 Å². The van der Waals surface area contributed by atoms with Crippen LogP contribution < -0.4 is 10.5 Å². The number of rotatable bonds is 4. The van der Waals surface area contributed by atoms with Crippen LogP contribution in [0.1, 0.15) is 17.5 Å². The molecule has 6 nitrogen and oxygen atoms in total. The van der Waals surface area contributed by atoms with E-state index in [0.29, 0.717) is 19.6 Å². The van der Waals surface area contributed by atoms with Gasteiger partial charge < -0.3 is 15.4 Å². The van der Waals surface area contributed by atoms with Crippen molar-refractivity contribution < 1.29 is 14.3 Å². The topological polar surface area (TPSA) is 75.9 Å². The zero-order chi connectivity index (χ0) is 16.9. The first-order valence-corrected chi connectivity index (χ1v) is 8.35. The third-order valence-corrected chi connectivity index (χ3v) is 4.41. The first-order valence-electron chi connectivity index (χ1n) is 8.35. The molecule has 0 bridgehead atoms. The van der Waals surface area contributed by atoms with E-state index in [9.17, 15) is 9.59 Å². The molecule has 0 aliphatic carbocycles. The van der Waals surface area contributed by atoms with E-state index in [0.717, 1.165) is 37.3 Å². The van der Waals surface area contributed by atoms with Gasteiger partial charge >= 0.3 is 0 Å². The maximum atomic E-state index is 12.4. The number of ether oxygens (including phenoxy) is 1. The summed E-state index contributed by atoms with van der Waals surface area (Å²) in [4.78, 5) is 27.2. The predicted octanol–water partition coefficient (Wildman–Crippen LogP) is 0.654. The number of hydrogen-bond acceptors (Lipinski definition) is 4. The Hall–Kier alpha value is -2.34. The number of amides is 2. The highest BCUT2D eigenvalue weighted by Crippen LogP contribution is 2.26. The van der Waals surface area contributed by atoms with Crippen molar-refractivity contribution in [3.8, 4) is 5.75 Å². The maximum Gasteiger partial charge on any atom is 0.246 e. The van der Waals surface area contributed by atoms with Crippen molar-refractivity contribution in [2.45, 2.75) is 12.8 Å². The van der Waals surface area contributed by atoms with Gasteiger partial charge in [-0.25, -0.2) is 0 Å². The van der Waals surface area contributed by atoms with Crippen LogP contribution in [0.3, 0.4) is 0 Å². The third-order valence-electron chi connectivity index (χ3n) is 4.41. The van der Waals surface area contributed by atoms with Crippen molar-refractivity contribution in [3.05, 3.63) is 35.4 Å². The van der Waals surface area contributed by atoms with Gasteiger partial charge in [0.05, 0.1) is 13.2 Å². The van der Waals surface area contributed by atoms with Gasteiger partial charge in [0.25, 0.3) is 0 Å². The van der Waals surface area contributed by atoms with Crippen LogP contribution in [0.15, 0.2) is 24.3 Å². The average Bonchev–Trinajstić information content (AvgIpc) is 2.90. The summed E-state index contributed by atoms with van der Waals surface area (Å²) in [5.74, 6) is 0.628. The Labute approximate surface area is 141 Å². The number of hydrogen-bond donors (Lipinski definition) is 1. The molecular formula is C18H23N3O3. The van der Waals surface area contributed by atoms with Gasteiger partial charge in [0.1, 0.15) is 5.75 Å². The summed E-state index contributed by atoms with van der Waals surface area (Å²) in [6.45, 7) is 3.79. The van der Waals surface area contributed by atoms with E-state index in [1.807, 2.05) is 28.0 Å². The van der Waals surface area contributed by atoms with Gasteiger partial charge in [0.2, 0.25) is 11.8 Å². The van der Waals surface area contributed by atoms with Crippen molar-refractivity contribution >= 4 is 17.9 Å². The Balaban J connectivity index is 1.57. The number of benzene rings is 1. The van der Waals surface area contributed by atoms with Gasteiger partial charge in [-0.3, -0.25) is 14.5 Å². The molecule has 0 atom stereocenters. The van der Waals surface area contributed by atoms with E-state index in [-0.39, 0.29) is 18.4 Å². The summed E-state index contributed by atoms with van der Waals surface area (Å²) < 4.78 is 5.49. The molecule has 0 aromatic heterocycles. The van der Waals surface area contributed by atoms with E-state index in [2.05, 4.69) is 6.07 Å². The average molecular weight is 329 g/mol. The fraction of sp³-hybridized carbons (Fsp3) is 0.444. The molecule has 1 fully saturated rings. The van der Waals surface area contributed by atoms with Gasteiger partial charge in [0, 0.05) is 38.7 Å². The highest BCUT2D eigenvalue weighted by molar-refractivity contribution is 5.91. The number of nitrogens with two attached hydrogens (primary N) is 1. The minimum absolute atomic E-state index is 0.00711.